The van der Waals surface area contributed by atoms with Gasteiger partial charge in [-0.05, 0) is 29.8 Å². The van der Waals surface area contributed by atoms with Crippen molar-refractivity contribution in [2.45, 2.75) is 5.92 Å². The Labute approximate surface area is 148 Å². The molecule has 0 bridgehead atoms. The first-order valence-electron chi connectivity index (χ1n) is 7.85. The first-order valence-corrected chi connectivity index (χ1v) is 7.85. The zero-order chi connectivity index (χ0) is 18.3. The Morgan fingerprint density at radius 1 is 1.08 bits per heavy atom. The average molecular weight is 353 g/mol. The normalized spacial score (nSPS) is 17.2. The molecular formula is C19H15NO6. The van der Waals surface area contributed by atoms with E-state index >= 15 is 0 Å². The van der Waals surface area contributed by atoms with E-state index in [4.69, 9.17) is 18.6 Å². The molecule has 1 aliphatic heterocycles. The quantitative estimate of drug-likeness (QED) is 0.442. The molecular weight excluding hydrogens is 338 g/mol. The van der Waals surface area contributed by atoms with E-state index in [9.17, 15) is 10.0 Å². The molecule has 0 saturated heterocycles. The fourth-order valence-corrected chi connectivity index (χ4v) is 3.20. The number of ether oxygens (including phenoxy) is 3. The molecule has 7 nitrogen and oxygen atoms in total. The van der Waals surface area contributed by atoms with Gasteiger partial charge in [0.05, 0.1) is 31.1 Å². The number of nitrogens with zero attached hydrogens (tertiary/aromatic N) is 1. The molecule has 1 unspecified atom stereocenters. The van der Waals surface area contributed by atoms with E-state index < -0.39 is 11.5 Å². The van der Waals surface area contributed by atoms with Crippen LogP contribution in [-0.2, 0) is 0 Å². The topological polar surface area (TPSA) is 90.5 Å². The zero-order valence-electron chi connectivity index (χ0n) is 14.1. The van der Waals surface area contributed by atoms with Crippen LogP contribution in [0.3, 0.4) is 0 Å². The maximum Gasteiger partial charge on any atom is 0.344 e. The van der Waals surface area contributed by atoms with Crippen molar-refractivity contribution in [1.82, 2.24) is 0 Å². The summed E-state index contributed by atoms with van der Waals surface area (Å²) in [7, 11) is 3.05. The van der Waals surface area contributed by atoms with Gasteiger partial charge in [0.2, 0.25) is 5.90 Å². The maximum absolute atomic E-state index is 12.6. The monoisotopic (exact) mass is 353 g/mol. The molecule has 0 radical (unpaired) electrons. The Kier molecular flexibility index (Phi) is 3.76. The van der Waals surface area contributed by atoms with Crippen molar-refractivity contribution >= 4 is 16.9 Å². The second-order valence-corrected chi connectivity index (χ2v) is 5.72. The molecule has 1 aliphatic rings. The molecule has 0 fully saturated rings. The summed E-state index contributed by atoms with van der Waals surface area (Å²) in [5.74, 6) is 0.653. The Bertz CT molecular complexity index is 1090. The third kappa shape index (κ3) is 2.28. The van der Waals surface area contributed by atoms with Crippen LogP contribution in [-0.4, -0.2) is 25.3 Å². The number of rotatable bonds is 3. The van der Waals surface area contributed by atoms with Gasteiger partial charge in [-0.2, -0.15) is 0 Å². The maximum atomic E-state index is 12.6. The molecule has 0 amide bonds. The minimum atomic E-state index is -0.712. The molecule has 132 valence electrons. The lowest BCUT2D eigenvalue weighted by Gasteiger charge is -2.13. The fraction of sp³-hybridized carbons (Fsp3) is 0.158. The van der Waals surface area contributed by atoms with Crippen LogP contribution in [0.15, 0.2) is 56.8 Å². The predicted octanol–water partition coefficient (Wildman–Crippen LogP) is 3.12. The van der Waals surface area contributed by atoms with Crippen molar-refractivity contribution in [2.75, 3.05) is 14.2 Å². The van der Waals surface area contributed by atoms with E-state index in [1.54, 1.807) is 36.4 Å². The van der Waals surface area contributed by atoms with E-state index in [-0.39, 0.29) is 11.5 Å². The molecule has 1 atom stereocenters. The third-order valence-electron chi connectivity index (χ3n) is 4.38. The number of para-hydroxylation sites is 1. The van der Waals surface area contributed by atoms with Crippen molar-refractivity contribution < 1.29 is 23.8 Å². The van der Waals surface area contributed by atoms with Crippen molar-refractivity contribution in [3.8, 4) is 17.2 Å². The lowest BCUT2D eigenvalue weighted by molar-refractivity contribution is 0.303. The van der Waals surface area contributed by atoms with E-state index in [1.165, 1.54) is 14.2 Å². The van der Waals surface area contributed by atoms with Crippen LogP contribution in [0.4, 0.5) is 0 Å². The van der Waals surface area contributed by atoms with Crippen LogP contribution in [0, 0.1) is 0 Å². The average Bonchev–Trinajstić information content (AvgIpc) is 3.08. The van der Waals surface area contributed by atoms with Crippen molar-refractivity contribution in [1.29, 1.82) is 0 Å². The van der Waals surface area contributed by atoms with Gasteiger partial charge in [-0.25, -0.2) is 4.79 Å². The highest BCUT2D eigenvalue weighted by Crippen LogP contribution is 2.43. The fourth-order valence-electron chi connectivity index (χ4n) is 3.20. The van der Waals surface area contributed by atoms with Gasteiger partial charge in [0, 0.05) is 0 Å². The molecule has 26 heavy (non-hydrogen) atoms. The SMILES string of the molecule is COc1ccc(C2/C(=N\O)Oc3c2c(=O)oc2ccccc32)cc1OC. The summed E-state index contributed by atoms with van der Waals surface area (Å²) in [4.78, 5) is 12.6. The highest BCUT2D eigenvalue weighted by molar-refractivity contribution is 5.99. The van der Waals surface area contributed by atoms with Gasteiger partial charge in [0.1, 0.15) is 5.58 Å². The van der Waals surface area contributed by atoms with Gasteiger partial charge in [0.25, 0.3) is 0 Å². The van der Waals surface area contributed by atoms with Crippen LogP contribution in [0.25, 0.3) is 11.0 Å². The highest BCUT2D eigenvalue weighted by atomic mass is 16.5. The predicted molar refractivity (Wildman–Crippen MR) is 93.7 cm³/mol. The zero-order valence-corrected chi connectivity index (χ0v) is 14.1. The molecule has 3 aromatic rings. The molecule has 1 N–H and O–H groups in total. The van der Waals surface area contributed by atoms with Crippen molar-refractivity contribution in [3.63, 3.8) is 0 Å². The number of oxime groups is 1. The first-order chi connectivity index (χ1) is 12.7. The minimum Gasteiger partial charge on any atom is -0.493 e. The van der Waals surface area contributed by atoms with Crippen molar-refractivity contribution in [2.24, 2.45) is 5.16 Å². The standard InChI is InChI=1S/C19H15NO6/c1-23-13-8-7-10(9-14(13)24-2)15-16-17(26-18(15)20-22)11-5-3-4-6-12(11)25-19(16)21/h3-9,15,22H,1-2H3/b20-18+. The molecule has 0 saturated carbocycles. The summed E-state index contributed by atoms with van der Waals surface area (Å²) in [6, 6.07) is 12.2. The summed E-state index contributed by atoms with van der Waals surface area (Å²) in [5, 5.41) is 13.3. The minimum absolute atomic E-state index is 0.00382. The van der Waals surface area contributed by atoms with E-state index in [1.807, 2.05) is 6.07 Å². The van der Waals surface area contributed by atoms with Gasteiger partial charge >= 0.3 is 5.63 Å². The highest BCUT2D eigenvalue weighted by Gasteiger charge is 2.39. The van der Waals surface area contributed by atoms with Gasteiger partial charge in [0.15, 0.2) is 17.2 Å². The van der Waals surface area contributed by atoms with E-state index in [0.717, 1.165) is 0 Å². The molecule has 0 spiro atoms. The molecule has 4 rings (SSSR count). The van der Waals surface area contributed by atoms with Crippen molar-refractivity contribution in [3.05, 3.63) is 64.0 Å². The molecule has 2 aromatic carbocycles. The lowest BCUT2D eigenvalue weighted by atomic mass is 9.92. The van der Waals surface area contributed by atoms with Gasteiger partial charge in [-0.15, -0.1) is 0 Å². The van der Waals surface area contributed by atoms with E-state index in [2.05, 4.69) is 5.16 Å². The van der Waals surface area contributed by atoms with E-state index in [0.29, 0.717) is 33.8 Å². The second-order valence-electron chi connectivity index (χ2n) is 5.72. The number of benzene rings is 2. The summed E-state index contributed by atoms with van der Waals surface area (Å²) in [5.41, 5.74) is 0.791. The number of hydrogen-bond donors (Lipinski definition) is 1. The van der Waals surface area contributed by atoms with Crippen LogP contribution >= 0.6 is 0 Å². The van der Waals surface area contributed by atoms with Crippen LogP contribution < -0.4 is 19.8 Å². The third-order valence-corrected chi connectivity index (χ3v) is 4.38. The van der Waals surface area contributed by atoms with Gasteiger partial charge in [-0.1, -0.05) is 23.4 Å². The Morgan fingerprint density at radius 2 is 1.85 bits per heavy atom. The Balaban J connectivity index is 1.97. The smallest absolute Gasteiger partial charge is 0.344 e. The summed E-state index contributed by atoms with van der Waals surface area (Å²) >= 11 is 0. The van der Waals surface area contributed by atoms with Gasteiger partial charge in [-0.3, -0.25) is 0 Å². The van der Waals surface area contributed by atoms with Crippen LogP contribution in [0.2, 0.25) is 0 Å². The number of methoxy groups -OCH3 is 2. The number of fused-ring (bicyclic) bond motifs is 3. The van der Waals surface area contributed by atoms with Gasteiger partial charge < -0.3 is 23.8 Å². The summed E-state index contributed by atoms with van der Waals surface area (Å²) in [6.45, 7) is 0. The Morgan fingerprint density at radius 3 is 2.58 bits per heavy atom. The molecule has 1 aromatic heterocycles. The summed E-state index contributed by atoms with van der Waals surface area (Å²) < 4.78 is 21.7. The molecule has 0 aliphatic carbocycles. The van der Waals surface area contributed by atoms with Crippen LogP contribution in [0.5, 0.6) is 17.2 Å². The lowest BCUT2D eigenvalue weighted by Crippen LogP contribution is -2.16. The number of hydrogen-bond acceptors (Lipinski definition) is 7. The summed E-state index contributed by atoms with van der Waals surface area (Å²) in [6.07, 6.45) is 0. The largest absolute Gasteiger partial charge is 0.493 e. The first kappa shape index (κ1) is 16.0. The molecule has 7 heteroatoms. The Hall–Kier alpha value is -3.48. The molecule has 2 heterocycles. The van der Waals surface area contributed by atoms with Crippen LogP contribution in [0.1, 0.15) is 17.0 Å². The second kappa shape index (κ2) is 6.11.